The van der Waals surface area contributed by atoms with Crippen LogP contribution in [0.5, 0.6) is 0 Å². The van der Waals surface area contributed by atoms with Gasteiger partial charge in [0.15, 0.2) is 0 Å². The molecule has 0 aromatic heterocycles. The van der Waals surface area contributed by atoms with E-state index in [1.807, 2.05) is 11.9 Å². The number of nitrogens with zero attached hydrogens (tertiary/aromatic N) is 2. The molecule has 6 nitrogen and oxygen atoms in total. The van der Waals surface area contributed by atoms with Crippen LogP contribution in [0, 0.1) is 11.8 Å². The van der Waals surface area contributed by atoms with E-state index in [9.17, 15) is 9.59 Å². The van der Waals surface area contributed by atoms with Crippen LogP contribution in [0.2, 0.25) is 0 Å². The molecule has 3 fully saturated rings. The van der Waals surface area contributed by atoms with E-state index in [-0.39, 0.29) is 24.7 Å². The molecule has 3 aliphatic heterocycles. The lowest BCUT2D eigenvalue weighted by molar-refractivity contribution is -0.156. The quantitative estimate of drug-likeness (QED) is 0.531. The second-order valence-corrected chi connectivity index (χ2v) is 9.21. The highest BCUT2D eigenvalue weighted by molar-refractivity contribution is 6.67. The summed E-state index contributed by atoms with van der Waals surface area (Å²) in [5, 5.41) is 0. The second-order valence-electron chi connectivity index (χ2n) is 6.69. The molecule has 3 rings (SSSR count). The van der Waals surface area contributed by atoms with Crippen LogP contribution in [0.25, 0.3) is 0 Å². The molecule has 0 spiro atoms. The van der Waals surface area contributed by atoms with Gasteiger partial charge in [0.1, 0.15) is 6.61 Å². The summed E-state index contributed by atoms with van der Waals surface area (Å²) in [7, 11) is 2.03. The number of likely N-dealkylation sites (N-methyl/N-ethyl adjacent to an activating group) is 1. The zero-order chi connectivity index (χ0) is 17.5. The molecule has 0 N–H and O–H groups in total. The van der Waals surface area contributed by atoms with Gasteiger partial charge in [-0.3, -0.25) is 9.59 Å². The van der Waals surface area contributed by atoms with Gasteiger partial charge in [0.05, 0.1) is 24.0 Å². The van der Waals surface area contributed by atoms with Crippen molar-refractivity contribution in [2.45, 2.75) is 28.8 Å². The number of hydrogen-bond donors (Lipinski definition) is 0. The number of hydrogen-bond acceptors (Lipinski definition) is 5. The Morgan fingerprint density at radius 3 is 2.25 bits per heavy atom. The van der Waals surface area contributed by atoms with Gasteiger partial charge in [-0.25, -0.2) is 0 Å². The van der Waals surface area contributed by atoms with E-state index in [2.05, 4.69) is 4.90 Å². The lowest BCUT2D eigenvalue weighted by Crippen LogP contribution is -2.52. The Kier molecular flexibility index (Phi) is 5.52. The van der Waals surface area contributed by atoms with Crippen LogP contribution in [-0.2, 0) is 19.1 Å². The summed E-state index contributed by atoms with van der Waals surface area (Å²) in [6.45, 7) is 2.66. The zero-order valence-corrected chi connectivity index (χ0v) is 15.7. The van der Waals surface area contributed by atoms with Crippen molar-refractivity contribution < 1.29 is 19.1 Å². The maximum Gasteiger partial charge on any atom is 0.312 e. The Bertz CT molecular complexity index is 505. The molecular weight excluding hydrogens is 379 g/mol. The van der Waals surface area contributed by atoms with Gasteiger partial charge in [0.25, 0.3) is 0 Å². The normalized spacial score (nSPS) is 33.8. The van der Waals surface area contributed by atoms with Crippen LogP contribution in [0.1, 0.15) is 12.8 Å². The number of halogens is 3. The van der Waals surface area contributed by atoms with Crippen molar-refractivity contribution in [1.82, 2.24) is 9.80 Å². The molecule has 0 unspecified atom stereocenters. The summed E-state index contributed by atoms with van der Waals surface area (Å²) in [5.74, 6) is -1.63. The van der Waals surface area contributed by atoms with Crippen molar-refractivity contribution in [3.8, 4) is 0 Å². The standard InChI is InChI=1S/C15H21Cl3N2O4/c1-19-4-6-20(7-5-19)13(21)11-9-2-3-10(24-9)12(11)14(22)23-8-15(16,17)18/h9-12H,2-8H2,1H3/t9-,10+,11-,12+/m0/s1. The third kappa shape index (κ3) is 3.93. The SMILES string of the molecule is CN1CCN(C(=O)[C@@H]2[C@H](C(=O)OCC(Cl)(Cl)Cl)[C@H]3CC[C@@H]2O3)CC1. The van der Waals surface area contributed by atoms with E-state index in [4.69, 9.17) is 44.3 Å². The third-order valence-corrected chi connectivity index (χ3v) is 5.35. The van der Waals surface area contributed by atoms with Gasteiger partial charge >= 0.3 is 5.97 Å². The number of rotatable bonds is 3. The summed E-state index contributed by atoms with van der Waals surface area (Å²) in [4.78, 5) is 29.4. The molecule has 136 valence electrons. The molecule has 1 amide bonds. The average molecular weight is 400 g/mol. The minimum Gasteiger partial charge on any atom is -0.461 e. The lowest BCUT2D eigenvalue weighted by Gasteiger charge is -2.36. The molecule has 4 atom stereocenters. The van der Waals surface area contributed by atoms with Gasteiger partial charge in [-0.1, -0.05) is 34.8 Å². The number of esters is 1. The number of carbonyl (C=O) groups is 2. The van der Waals surface area contributed by atoms with E-state index in [0.717, 1.165) is 25.9 Å². The van der Waals surface area contributed by atoms with Crippen LogP contribution in [0.4, 0.5) is 0 Å². The molecular formula is C15H21Cl3N2O4. The largest absolute Gasteiger partial charge is 0.461 e. The Morgan fingerprint density at radius 1 is 1.08 bits per heavy atom. The monoisotopic (exact) mass is 398 g/mol. The smallest absolute Gasteiger partial charge is 0.312 e. The minimum absolute atomic E-state index is 0.0221. The van der Waals surface area contributed by atoms with Crippen LogP contribution in [-0.4, -0.2) is 77.5 Å². The molecule has 0 radical (unpaired) electrons. The van der Waals surface area contributed by atoms with Crippen molar-refractivity contribution in [2.24, 2.45) is 11.8 Å². The first-order valence-electron chi connectivity index (χ1n) is 8.12. The van der Waals surface area contributed by atoms with Gasteiger partial charge in [-0.15, -0.1) is 0 Å². The summed E-state index contributed by atoms with van der Waals surface area (Å²) < 4.78 is 9.30. The van der Waals surface area contributed by atoms with Crippen LogP contribution < -0.4 is 0 Å². The molecule has 3 saturated heterocycles. The fraction of sp³-hybridized carbons (Fsp3) is 0.867. The second kappa shape index (κ2) is 7.16. The van der Waals surface area contributed by atoms with Crippen LogP contribution in [0.3, 0.4) is 0 Å². The molecule has 2 bridgehead atoms. The molecule has 0 aromatic rings. The average Bonchev–Trinajstić information content (AvgIpc) is 3.13. The molecule has 9 heteroatoms. The van der Waals surface area contributed by atoms with E-state index < -0.39 is 21.6 Å². The number of alkyl halides is 3. The Hall–Kier alpha value is -0.270. The predicted octanol–water partition coefficient (Wildman–Crippen LogP) is 1.47. The highest BCUT2D eigenvalue weighted by atomic mass is 35.6. The third-order valence-electron chi connectivity index (χ3n) is 5.02. The highest BCUT2D eigenvalue weighted by Crippen LogP contribution is 2.45. The fourth-order valence-electron chi connectivity index (χ4n) is 3.78. The van der Waals surface area contributed by atoms with E-state index in [1.54, 1.807) is 0 Å². The van der Waals surface area contributed by atoms with Gasteiger partial charge in [-0.2, -0.15) is 0 Å². The molecule has 0 saturated carbocycles. The first kappa shape index (κ1) is 18.5. The first-order valence-corrected chi connectivity index (χ1v) is 9.26. The summed E-state index contributed by atoms with van der Waals surface area (Å²) >= 11 is 16.9. The Morgan fingerprint density at radius 2 is 1.67 bits per heavy atom. The van der Waals surface area contributed by atoms with Gasteiger partial charge in [-0.05, 0) is 19.9 Å². The molecule has 3 aliphatic rings. The predicted molar refractivity (Wildman–Crippen MR) is 90.2 cm³/mol. The molecule has 0 aliphatic carbocycles. The van der Waals surface area contributed by atoms with Gasteiger partial charge < -0.3 is 19.3 Å². The summed E-state index contributed by atoms with van der Waals surface area (Å²) in [6, 6.07) is 0. The van der Waals surface area contributed by atoms with E-state index in [1.165, 1.54) is 0 Å². The minimum atomic E-state index is -1.66. The van der Waals surface area contributed by atoms with Gasteiger partial charge in [0.2, 0.25) is 9.70 Å². The Labute approximate surface area is 156 Å². The van der Waals surface area contributed by atoms with E-state index in [0.29, 0.717) is 13.1 Å². The van der Waals surface area contributed by atoms with Crippen molar-refractivity contribution in [3.05, 3.63) is 0 Å². The topological polar surface area (TPSA) is 59.1 Å². The van der Waals surface area contributed by atoms with Crippen LogP contribution in [0.15, 0.2) is 0 Å². The number of carbonyl (C=O) groups excluding carboxylic acids is 2. The number of amides is 1. The van der Waals surface area contributed by atoms with Crippen molar-refractivity contribution in [2.75, 3.05) is 39.8 Å². The lowest BCUT2D eigenvalue weighted by atomic mass is 9.78. The summed E-state index contributed by atoms with van der Waals surface area (Å²) in [5.41, 5.74) is 0. The first-order chi connectivity index (χ1) is 11.3. The van der Waals surface area contributed by atoms with E-state index >= 15 is 0 Å². The van der Waals surface area contributed by atoms with Crippen molar-refractivity contribution in [1.29, 1.82) is 0 Å². The molecule has 24 heavy (non-hydrogen) atoms. The van der Waals surface area contributed by atoms with Crippen molar-refractivity contribution in [3.63, 3.8) is 0 Å². The maximum atomic E-state index is 13.0. The summed E-state index contributed by atoms with van der Waals surface area (Å²) in [6.07, 6.45) is 1.06. The highest BCUT2D eigenvalue weighted by Gasteiger charge is 2.57. The van der Waals surface area contributed by atoms with Gasteiger partial charge in [0, 0.05) is 26.2 Å². The Balaban J connectivity index is 1.68. The number of fused-ring (bicyclic) bond motifs is 2. The van der Waals surface area contributed by atoms with Crippen molar-refractivity contribution >= 4 is 46.7 Å². The van der Waals surface area contributed by atoms with Crippen LogP contribution >= 0.6 is 34.8 Å². The fourth-order valence-corrected chi connectivity index (χ4v) is 3.94. The maximum absolute atomic E-state index is 13.0. The molecule has 0 aromatic carbocycles. The zero-order valence-electron chi connectivity index (χ0n) is 13.4. The molecule has 3 heterocycles. The number of piperazine rings is 1. The number of ether oxygens (including phenoxy) is 2.